The summed E-state index contributed by atoms with van der Waals surface area (Å²) in [5, 5.41) is 16.5. The van der Waals surface area contributed by atoms with E-state index >= 15 is 0 Å². The molecule has 7 heteroatoms. The standard InChI is InChI=1S/C12H16N4O3/c1-15(8-11(17)18)12(19)9-4-5-10(14-13-9)16-6-2-3-7-16/h4-5H,2-3,6-8H2,1H3,(H,17,18). The van der Waals surface area contributed by atoms with E-state index in [2.05, 4.69) is 15.1 Å². The van der Waals surface area contributed by atoms with E-state index in [1.54, 1.807) is 12.1 Å². The van der Waals surface area contributed by atoms with E-state index in [1.807, 2.05) is 0 Å². The number of likely N-dealkylation sites (N-methyl/N-ethyl adjacent to an activating group) is 1. The number of aromatic nitrogens is 2. The minimum absolute atomic E-state index is 0.159. The SMILES string of the molecule is CN(CC(=O)O)C(=O)c1ccc(N2CCCC2)nn1. The van der Waals surface area contributed by atoms with E-state index in [4.69, 9.17) is 5.11 Å². The minimum atomic E-state index is -1.06. The number of carboxylic acids is 1. The van der Waals surface area contributed by atoms with Crippen molar-refractivity contribution in [1.82, 2.24) is 15.1 Å². The van der Waals surface area contributed by atoms with Crippen molar-refractivity contribution >= 4 is 17.7 Å². The van der Waals surface area contributed by atoms with Crippen molar-refractivity contribution < 1.29 is 14.7 Å². The summed E-state index contributed by atoms with van der Waals surface area (Å²) in [6, 6.07) is 3.33. The lowest BCUT2D eigenvalue weighted by molar-refractivity contribution is -0.137. The van der Waals surface area contributed by atoms with Crippen LogP contribution in [-0.4, -0.2) is 58.8 Å². The summed E-state index contributed by atoms with van der Waals surface area (Å²) < 4.78 is 0. The molecule has 0 saturated carbocycles. The van der Waals surface area contributed by atoms with Gasteiger partial charge in [0.2, 0.25) is 0 Å². The molecule has 1 aliphatic heterocycles. The first kappa shape index (κ1) is 13.3. The Morgan fingerprint density at radius 3 is 2.53 bits per heavy atom. The zero-order valence-corrected chi connectivity index (χ0v) is 10.7. The van der Waals surface area contributed by atoms with E-state index in [9.17, 15) is 9.59 Å². The van der Waals surface area contributed by atoms with E-state index in [0.29, 0.717) is 0 Å². The Kier molecular flexibility index (Phi) is 3.94. The highest BCUT2D eigenvalue weighted by molar-refractivity contribution is 5.93. The second-order valence-electron chi connectivity index (χ2n) is 4.53. The van der Waals surface area contributed by atoms with Crippen LogP contribution >= 0.6 is 0 Å². The third-order valence-corrected chi connectivity index (χ3v) is 3.02. The average molecular weight is 264 g/mol. The Hall–Kier alpha value is -2.18. The van der Waals surface area contributed by atoms with Crippen LogP contribution in [0.2, 0.25) is 0 Å². The molecule has 19 heavy (non-hydrogen) atoms. The molecule has 1 amide bonds. The molecule has 2 heterocycles. The molecule has 1 fully saturated rings. The van der Waals surface area contributed by atoms with Crippen molar-refractivity contribution in [1.29, 1.82) is 0 Å². The Bertz CT molecular complexity index is 468. The number of amides is 1. The summed E-state index contributed by atoms with van der Waals surface area (Å²) in [5.74, 6) is -0.740. The zero-order valence-electron chi connectivity index (χ0n) is 10.7. The number of carbonyl (C=O) groups is 2. The lowest BCUT2D eigenvalue weighted by atomic mass is 10.3. The molecule has 0 unspecified atom stereocenters. The summed E-state index contributed by atoms with van der Waals surface area (Å²) in [5.41, 5.74) is 0.159. The van der Waals surface area contributed by atoms with Gasteiger partial charge in [0.15, 0.2) is 11.5 Å². The lowest BCUT2D eigenvalue weighted by Gasteiger charge is -2.16. The van der Waals surface area contributed by atoms with Gasteiger partial charge < -0.3 is 14.9 Å². The summed E-state index contributed by atoms with van der Waals surface area (Å²) in [6.45, 7) is 1.57. The van der Waals surface area contributed by atoms with E-state index in [0.717, 1.165) is 36.6 Å². The molecule has 1 aromatic heterocycles. The number of anilines is 1. The van der Waals surface area contributed by atoms with Crippen LogP contribution in [0.1, 0.15) is 23.3 Å². The predicted molar refractivity (Wildman–Crippen MR) is 68.1 cm³/mol. The van der Waals surface area contributed by atoms with Gasteiger partial charge in [-0.05, 0) is 25.0 Å². The van der Waals surface area contributed by atoms with Gasteiger partial charge in [-0.3, -0.25) is 9.59 Å². The topological polar surface area (TPSA) is 86.6 Å². The highest BCUT2D eigenvalue weighted by atomic mass is 16.4. The highest BCUT2D eigenvalue weighted by Crippen LogP contribution is 2.16. The minimum Gasteiger partial charge on any atom is -0.480 e. The number of rotatable bonds is 4. The Balaban J connectivity index is 2.05. The molecule has 0 spiro atoms. The number of aliphatic carboxylic acids is 1. The molecular formula is C12H16N4O3. The Morgan fingerprint density at radius 1 is 1.32 bits per heavy atom. The van der Waals surface area contributed by atoms with Crippen LogP contribution in [0.15, 0.2) is 12.1 Å². The van der Waals surface area contributed by atoms with Crippen molar-refractivity contribution in [3.8, 4) is 0 Å². The fourth-order valence-electron chi connectivity index (χ4n) is 2.02. The number of carboxylic acid groups (broad SMARTS) is 1. The molecule has 1 saturated heterocycles. The van der Waals surface area contributed by atoms with E-state index < -0.39 is 11.9 Å². The van der Waals surface area contributed by atoms with Crippen molar-refractivity contribution in [2.24, 2.45) is 0 Å². The molecule has 0 aromatic carbocycles. The molecule has 7 nitrogen and oxygen atoms in total. The van der Waals surface area contributed by atoms with E-state index in [1.165, 1.54) is 7.05 Å². The van der Waals surface area contributed by atoms with Crippen LogP contribution < -0.4 is 4.90 Å². The second-order valence-corrected chi connectivity index (χ2v) is 4.53. The molecule has 0 aliphatic carbocycles. The molecule has 0 atom stereocenters. The fourth-order valence-corrected chi connectivity index (χ4v) is 2.02. The second kappa shape index (κ2) is 5.64. The van der Waals surface area contributed by atoms with Gasteiger partial charge in [-0.2, -0.15) is 0 Å². The van der Waals surface area contributed by atoms with Crippen LogP contribution in [0.4, 0.5) is 5.82 Å². The van der Waals surface area contributed by atoms with Crippen LogP contribution in [0.5, 0.6) is 0 Å². The zero-order chi connectivity index (χ0) is 13.8. The normalized spacial score (nSPS) is 14.5. The van der Waals surface area contributed by atoms with Crippen LogP contribution in [0.25, 0.3) is 0 Å². The molecule has 1 aliphatic rings. The van der Waals surface area contributed by atoms with Gasteiger partial charge >= 0.3 is 5.97 Å². The number of carbonyl (C=O) groups excluding carboxylic acids is 1. The first-order chi connectivity index (χ1) is 9.08. The predicted octanol–water partition coefficient (Wildman–Crippen LogP) is 0.233. The third-order valence-electron chi connectivity index (χ3n) is 3.02. The molecule has 1 aromatic rings. The maximum Gasteiger partial charge on any atom is 0.323 e. The van der Waals surface area contributed by atoms with Crippen LogP contribution in [-0.2, 0) is 4.79 Å². The molecular weight excluding hydrogens is 248 g/mol. The van der Waals surface area contributed by atoms with E-state index in [-0.39, 0.29) is 12.2 Å². The molecule has 2 rings (SSSR count). The van der Waals surface area contributed by atoms with Crippen LogP contribution in [0.3, 0.4) is 0 Å². The molecule has 1 N–H and O–H groups in total. The maximum atomic E-state index is 11.9. The first-order valence-electron chi connectivity index (χ1n) is 6.14. The van der Waals surface area contributed by atoms with Gasteiger partial charge in [0.1, 0.15) is 6.54 Å². The third kappa shape index (κ3) is 3.18. The number of hydrogen-bond acceptors (Lipinski definition) is 5. The van der Waals surface area contributed by atoms with Crippen molar-refractivity contribution in [3.05, 3.63) is 17.8 Å². The summed E-state index contributed by atoms with van der Waals surface area (Å²) >= 11 is 0. The Labute approximate surface area is 110 Å². The number of nitrogens with zero attached hydrogens (tertiary/aromatic N) is 4. The van der Waals surface area contributed by atoms with Crippen molar-refractivity contribution in [2.45, 2.75) is 12.8 Å². The smallest absolute Gasteiger partial charge is 0.323 e. The first-order valence-corrected chi connectivity index (χ1v) is 6.14. The number of hydrogen-bond donors (Lipinski definition) is 1. The fraction of sp³-hybridized carbons (Fsp3) is 0.500. The van der Waals surface area contributed by atoms with Gasteiger partial charge in [-0.15, -0.1) is 10.2 Å². The summed E-state index contributed by atoms with van der Waals surface area (Å²) in [6.07, 6.45) is 2.29. The van der Waals surface area contributed by atoms with Gasteiger partial charge in [0.05, 0.1) is 0 Å². The summed E-state index contributed by atoms with van der Waals surface area (Å²) in [7, 11) is 1.42. The van der Waals surface area contributed by atoms with Crippen molar-refractivity contribution in [2.75, 3.05) is 31.6 Å². The monoisotopic (exact) mass is 264 g/mol. The molecule has 0 bridgehead atoms. The largest absolute Gasteiger partial charge is 0.480 e. The quantitative estimate of drug-likeness (QED) is 0.838. The molecule has 0 radical (unpaired) electrons. The summed E-state index contributed by atoms with van der Waals surface area (Å²) in [4.78, 5) is 25.6. The lowest BCUT2D eigenvalue weighted by Crippen LogP contribution is -2.32. The highest BCUT2D eigenvalue weighted by Gasteiger charge is 2.18. The van der Waals surface area contributed by atoms with Gasteiger partial charge in [-0.25, -0.2) is 0 Å². The Morgan fingerprint density at radius 2 is 2.00 bits per heavy atom. The van der Waals surface area contributed by atoms with Gasteiger partial charge in [0.25, 0.3) is 5.91 Å². The average Bonchev–Trinajstić information content (AvgIpc) is 2.91. The van der Waals surface area contributed by atoms with Crippen molar-refractivity contribution in [3.63, 3.8) is 0 Å². The van der Waals surface area contributed by atoms with Crippen LogP contribution in [0, 0.1) is 0 Å². The van der Waals surface area contributed by atoms with Gasteiger partial charge in [-0.1, -0.05) is 0 Å². The molecule has 102 valence electrons. The van der Waals surface area contributed by atoms with Gasteiger partial charge in [0, 0.05) is 20.1 Å². The maximum absolute atomic E-state index is 11.9.